The summed E-state index contributed by atoms with van der Waals surface area (Å²) in [7, 11) is 0. The van der Waals surface area contributed by atoms with Crippen molar-refractivity contribution in [3.8, 4) is 0 Å². The van der Waals surface area contributed by atoms with E-state index in [1.165, 1.54) is 64.2 Å². The summed E-state index contributed by atoms with van der Waals surface area (Å²) in [6.07, 6.45) is 17.9. The highest BCUT2D eigenvalue weighted by atomic mass is 16.4. The molecule has 0 aliphatic rings. The fraction of sp³-hybridized carbons (Fsp3) is 0.947. The molecule has 3 heteroatoms. The van der Waals surface area contributed by atoms with Crippen LogP contribution in [0, 0.1) is 0 Å². The SMILES string of the molecule is CCCC[C@H](O)CCCCCCCCCCCCCC(=O)O. The van der Waals surface area contributed by atoms with Crippen LogP contribution < -0.4 is 0 Å². The van der Waals surface area contributed by atoms with Gasteiger partial charge in [-0.3, -0.25) is 4.79 Å². The van der Waals surface area contributed by atoms with Gasteiger partial charge in [-0.15, -0.1) is 0 Å². The van der Waals surface area contributed by atoms with E-state index < -0.39 is 5.97 Å². The van der Waals surface area contributed by atoms with Crippen LogP contribution >= 0.6 is 0 Å². The van der Waals surface area contributed by atoms with Gasteiger partial charge in [0, 0.05) is 6.42 Å². The second-order valence-corrected chi connectivity index (χ2v) is 6.62. The third-order valence-corrected chi connectivity index (χ3v) is 4.32. The van der Waals surface area contributed by atoms with E-state index in [9.17, 15) is 9.90 Å². The number of aliphatic hydroxyl groups is 1. The Labute approximate surface area is 137 Å². The number of aliphatic hydroxyl groups excluding tert-OH is 1. The highest BCUT2D eigenvalue weighted by Crippen LogP contribution is 2.14. The van der Waals surface area contributed by atoms with Crippen LogP contribution in [0.25, 0.3) is 0 Å². The minimum absolute atomic E-state index is 0.0684. The van der Waals surface area contributed by atoms with Crippen molar-refractivity contribution in [3.63, 3.8) is 0 Å². The maximum absolute atomic E-state index is 10.4. The van der Waals surface area contributed by atoms with Crippen molar-refractivity contribution in [2.24, 2.45) is 0 Å². The molecule has 0 aromatic carbocycles. The van der Waals surface area contributed by atoms with Gasteiger partial charge in [-0.25, -0.2) is 0 Å². The van der Waals surface area contributed by atoms with Crippen LogP contribution in [0.3, 0.4) is 0 Å². The molecule has 3 nitrogen and oxygen atoms in total. The molecule has 0 aliphatic carbocycles. The molecule has 0 fully saturated rings. The number of hydrogen-bond donors (Lipinski definition) is 2. The lowest BCUT2D eigenvalue weighted by molar-refractivity contribution is -0.137. The van der Waals surface area contributed by atoms with Crippen molar-refractivity contribution >= 4 is 5.97 Å². The van der Waals surface area contributed by atoms with Gasteiger partial charge in [0.1, 0.15) is 0 Å². The van der Waals surface area contributed by atoms with Gasteiger partial charge in [0.15, 0.2) is 0 Å². The molecule has 1 atom stereocenters. The number of rotatable bonds is 17. The molecule has 0 saturated heterocycles. The van der Waals surface area contributed by atoms with Crippen LogP contribution in [0.2, 0.25) is 0 Å². The molecule has 0 spiro atoms. The first kappa shape index (κ1) is 21.4. The summed E-state index contributed by atoms with van der Waals surface area (Å²) < 4.78 is 0. The zero-order chi connectivity index (χ0) is 16.5. The summed E-state index contributed by atoms with van der Waals surface area (Å²) in [5.41, 5.74) is 0. The van der Waals surface area contributed by atoms with E-state index in [0.717, 1.165) is 32.1 Å². The Hall–Kier alpha value is -0.570. The van der Waals surface area contributed by atoms with Crippen molar-refractivity contribution < 1.29 is 15.0 Å². The largest absolute Gasteiger partial charge is 0.481 e. The molecule has 2 N–H and O–H groups in total. The van der Waals surface area contributed by atoms with Crippen molar-refractivity contribution in [3.05, 3.63) is 0 Å². The van der Waals surface area contributed by atoms with Gasteiger partial charge >= 0.3 is 5.97 Å². The van der Waals surface area contributed by atoms with E-state index in [4.69, 9.17) is 5.11 Å². The Morgan fingerprint density at radius 3 is 1.59 bits per heavy atom. The first-order chi connectivity index (χ1) is 10.7. The van der Waals surface area contributed by atoms with Gasteiger partial charge in [-0.05, 0) is 19.3 Å². The number of unbranched alkanes of at least 4 members (excludes halogenated alkanes) is 11. The highest BCUT2D eigenvalue weighted by molar-refractivity contribution is 5.66. The molecule has 0 radical (unpaired) electrons. The predicted octanol–water partition coefficient (Wildman–Crippen LogP) is 5.69. The molecule has 0 amide bonds. The van der Waals surface area contributed by atoms with Gasteiger partial charge in [0.05, 0.1) is 6.10 Å². The third kappa shape index (κ3) is 17.5. The van der Waals surface area contributed by atoms with Crippen LogP contribution in [0.15, 0.2) is 0 Å². The Morgan fingerprint density at radius 1 is 0.727 bits per heavy atom. The zero-order valence-corrected chi connectivity index (χ0v) is 14.7. The number of carbonyl (C=O) groups is 1. The molecule has 0 bridgehead atoms. The quantitative estimate of drug-likeness (QED) is 0.339. The van der Waals surface area contributed by atoms with Crippen LogP contribution in [0.5, 0.6) is 0 Å². The molecule has 0 heterocycles. The summed E-state index contributed by atoms with van der Waals surface area (Å²) in [5.74, 6) is -0.669. The summed E-state index contributed by atoms with van der Waals surface area (Å²) >= 11 is 0. The average molecular weight is 315 g/mol. The molecule has 0 aromatic rings. The van der Waals surface area contributed by atoms with E-state index in [2.05, 4.69) is 6.92 Å². The molecule has 0 unspecified atom stereocenters. The lowest BCUT2D eigenvalue weighted by atomic mass is 10.0. The lowest BCUT2D eigenvalue weighted by Gasteiger charge is -2.09. The van der Waals surface area contributed by atoms with E-state index in [0.29, 0.717) is 6.42 Å². The Kier molecular flexibility index (Phi) is 16.4. The van der Waals surface area contributed by atoms with Crippen molar-refractivity contribution in [1.29, 1.82) is 0 Å². The topological polar surface area (TPSA) is 57.5 Å². The summed E-state index contributed by atoms with van der Waals surface area (Å²) in [6, 6.07) is 0. The lowest BCUT2D eigenvalue weighted by Crippen LogP contribution is -2.05. The first-order valence-corrected chi connectivity index (χ1v) is 9.56. The first-order valence-electron chi connectivity index (χ1n) is 9.56. The molecular formula is C19H38O3. The number of hydrogen-bond acceptors (Lipinski definition) is 2. The summed E-state index contributed by atoms with van der Waals surface area (Å²) in [5, 5.41) is 18.3. The molecule has 22 heavy (non-hydrogen) atoms. The minimum atomic E-state index is -0.669. The number of carboxylic acid groups (broad SMARTS) is 1. The fourth-order valence-corrected chi connectivity index (χ4v) is 2.83. The average Bonchev–Trinajstić information content (AvgIpc) is 2.49. The van der Waals surface area contributed by atoms with Gasteiger partial charge < -0.3 is 10.2 Å². The zero-order valence-electron chi connectivity index (χ0n) is 14.7. The normalized spacial score (nSPS) is 12.5. The Bertz CT molecular complexity index is 241. The smallest absolute Gasteiger partial charge is 0.303 e. The van der Waals surface area contributed by atoms with E-state index >= 15 is 0 Å². The minimum Gasteiger partial charge on any atom is -0.481 e. The molecule has 0 saturated carbocycles. The van der Waals surface area contributed by atoms with Crippen molar-refractivity contribution in [2.45, 2.75) is 116 Å². The number of carboxylic acids is 1. The Morgan fingerprint density at radius 2 is 1.14 bits per heavy atom. The van der Waals surface area contributed by atoms with Crippen LogP contribution in [-0.4, -0.2) is 22.3 Å². The molecule has 0 aromatic heterocycles. The second-order valence-electron chi connectivity index (χ2n) is 6.62. The van der Waals surface area contributed by atoms with Crippen LogP contribution in [-0.2, 0) is 4.79 Å². The standard InChI is InChI=1S/C19H38O3/c1-2-3-15-18(20)16-13-11-9-7-5-4-6-8-10-12-14-17-19(21)22/h18,20H,2-17H2,1H3,(H,21,22)/t18-/m0/s1. The van der Waals surface area contributed by atoms with Gasteiger partial charge in [-0.1, -0.05) is 84.0 Å². The maximum atomic E-state index is 10.4. The van der Waals surface area contributed by atoms with Crippen molar-refractivity contribution in [1.82, 2.24) is 0 Å². The van der Waals surface area contributed by atoms with Crippen LogP contribution in [0.4, 0.5) is 0 Å². The van der Waals surface area contributed by atoms with Crippen LogP contribution in [0.1, 0.15) is 110 Å². The van der Waals surface area contributed by atoms with Gasteiger partial charge in [0.2, 0.25) is 0 Å². The Balaban J connectivity index is 3.07. The highest BCUT2D eigenvalue weighted by Gasteiger charge is 2.02. The summed E-state index contributed by atoms with van der Waals surface area (Å²) in [4.78, 5) is 10.4. The molecule has 132 valence electrons. The van der Waals surface area contributed by atoms with E-state index in [1.807, 2.05) is 0 Å². The second kappa shape index (κ2) is 16.8. The molecule has 0 rings (SSSR count). The van der Waals surface area contributed by atoms with E-state index in [-0.39, 0.29) is 6.10 Å². The van der Waals surface area contributed by atoms with E-state index in [1.54, 1.807) is 0 Å². The third-order valence-electron chi connectivity index (χ3n) is 4.32. The maximum Gasteiger partial charge on any atom is 0.303 e. The molecular weight excluding hydrogens is 276 g/mol. The number of aliphatic carboxylic acids is 1. The van der Waals surface area contributed by atoms with Gasteiger partial charge in [-0.2, -0.15) is 0 Å². The predicted molar refractivity (Wildman–Crippen MR) is 93.2 cm³/mol. The molecule has 0 aliphatic heterocycles. The van der Waals surface area contributed by atoms with Crippen molar-refractivity contribution in [2.75, 3.05) is 0 Å². The monoisotopic (exact) mass is 314 g/mol. The fourth-order valence-electron chi connectivity index (χ4n) is 2.83. The summed E-state index contributed by atoms with van der Waals surface area (Å²) in [6.45, 7) is 2.17. The van der Waals surface area contributed by atoms with Gasteiger partial charge in [0.25, 0.3) is 0 Å².